The van der Waals surface area contributed by atoms with Crippen molar-refractivity contribution in [3.8, 4) is 0 Å². The van der Waals surface area contributed by atoms with E-state index in [0.717, 1.165) is 6.42 Å². The Balaban J connectivity index is 3.06. The van der Waals surface area contributed by atoms with E-state index < -0.39 is 17.9 Å². The summed E-state index contributed by atoms with van der Waals surface area (Å²) in [6, 6.07) is 2.43. The molecule has 0 unspecified atom stereocenters. The number of carboxylic acids is 1. The van der Waals surface area contributed by atoms with Gasteiger partial charge in [0.1, 0.15) is 0 Å². The molecule has 0 bridgehead atoms. The molecule has 0 spiro atoms. The number of nitrogens with one attached hydrogen (secondary N) is 1. The SMILES string of the molecule is CCC[C@@H](N)C(=O)Nc1c(Br)cc(Br)cc1C(=O)O. The molecule has 0 aliphatic heterocycles. The minimum atomic E-state index is -1.12. The molecule has 0 aromatic heterocycles. The van der Waals surface area contributed by atoms with Gasteiger partial charge in [-0.05, 0) is 34.5 Å². The third kappa shape index (κ3) is 4.29. The fraction of sp³-hybridized carbons (Fsp3) is 0.333. The van der Waals surface area contributed by atoms with Crippen molar-refractivity contribution in [3.05, 3.63) is 26.6 Å². The number of nitrogens with two attached hydrogens (primary N) is 1. The molecule has 0 heterocycles. The van der Waals surface area contributed by atoms with Crippen molar-refractivity contribution in [3.63, 3.8) is 0 Å². The number of anilines is 1. The van der Waals surface area contributed by atoms with Gasteiger partial charge in [0, 0.05) is 8.95 Å². The maximum atomic E-state index is 11.9. The number of rotatable bonds is 5. The van der Waals surface area contributed by atoms with E-state index in [1.54, 1.807) is 6.07 Å². The lowest BCUT2D eigenvalue weighted by Gasteiger charge is -2.14. The zero-order chi connectivity index (χ0) is 14.6. The molecular weight excluding hydrogens is 380 g/mol. The lowest BCUT2D eigenvalue weighted by Crippen LogP contribution is -2.35. The molecule has 0 radical (unpaired) electrons. The second-order valence-electron chi connectivity index (χ2n) is 4.00. The molecule has 0 saturated heterocycles. The highest BCUT2D eigenvalue weighted by molar-refractivity contribution is 9.11. The van der Waals surface area contributed by atoms with E-state index in [-0.39, 0.29) is 11.3 Å². The molecule has 1 rings (SSSR count). The van der Waals surface area contributed by atoms with E-state index in [0.29, 0.717) is 15.4 Å². The molecule has 0 saturated carbocycles. The van der Waals surface area contributed by atoms with Crippen LogP contribution < -0.4 is 11.1 Å². The summed E-state index contributed by atoms with van der Waals surface area (Å²) in [6.07, 6.45) is 1.32. The predicted molar refractivity (Wildman–Crippen MR) is 80.3 cm³/mol. The number of carboxylic acid groups (broad SMARTS) is 1. The van der Waals surface area contributed by atoms with Gasteiger partial charge in [-0.2, -0.15) is 0 Å². The van der Waals surface area contributed by atoms with E-state index in [1.165, 1.54) is 6.07 Å². The molecule has 1 amide bonds. The first-order valence-corrected chi connectivity index (χ1v) is 7.24. The highest BCUT2D eigenvalue weighted by Gasteiger charge is 2.19. The third-order valence-corrected chi connectivity index (χ3v) is 3.55. The number of aromatic carboxylic acids is 1. The highest BCUT2D eigenvalue weighted by atomic mass is 79.9. The minimum absolute atomic E-state index is 0.00158. The van der Waals surface area contributed by atoms with Gasteiger partial charge in [0.2, 0.25) is 5.91 Å². The van der Waals surface area contributed by atoms with Crippen molar-refractivity contribution < 1.29 is 14.7 Å². The van der Waals surface area contributed by atoms with Gasteiger partial charge in [-0.3, -0.25) is 4.79 Å². The smallest absolute Gasteiger partial charge is 0.337 e. The zero-order valence-electron chi connectivity index (χ0n) is 10.2. The summed E-state index contributed by atoms with van der Waals surface area (Å²) >= 11 is 6.44. The molecule has 1 aromatic rings. The van der Waals surface area contributed by atoms with E-state index in [9.17, 15) is 9.59 Å². The molecule has 5 nitrogen and oxygen atoms in total. The van der Waals surface area contributed by atoms with Crippen molar-refractivity contribution >= 4 is 49.4 Å². The van der Waals surface area contributed by atoms with Crippen LogP contribution in [0.5, 0.6) is 0 Å². The topological polar surface area (TPSA) is 92.4 Å². The Kier molecular flexibility index (Phi) is 5.96. The van der Waals surface area contributed by atoms with Crippen LogP contribution in [0.3, 0.4) is 0 Å². The van der Waals surface area contributed by atoms with E-state index in [1.807, 2.05) is 6.92 Å². The quantitative estimate of drug-likeness (QED) is 0.716. The standard InChI is InChI=1S/C12H14Br2N2O3/c1-2-3-9(15)11(17)16-10-7(12(18)19)4-6(13)5-8(10)14/h4-5,9H,2-3,15H2,1H3,(H,16,17)(H,18,19)/t9-/m1/s1. The summed E-state index contributed by atoms with van der Waals surface area (Å²) in [5.74, 6) is -1.52. The first-order chi connectivity index (χ1) is 8.86. The van der Waals surface area contributed by atoms with Crippen LogP contribution >= 0.6 is 31.9 Å². The van der Waals surface area contributed by atoms with Gasteiger partial charge in [-0.1, -0.05) is 29.3 Å². The largest absolute Gasteiger partial charge is 0.478 e. The second-order valence-corrected chi connectivity index (χ2v) is 5.77. The maximum absolute atomic E-state index is 11.9. The summed E-state index contributed by atoms with van der Waals surface area (Å²) in [6.45, 7) is 1.92. The molecule has 0 fully saturated rings. The van der Waals surface area contributed by atoms with Gasteiger partial charge >= 0.3 is 5.97 Å². The molecule has 0 aliphatic carbocycles. The van der Waals surface area contributed by atoms with Gasteiger partial charge in [-0.15, -0.1) is 0 Å². The van der Waals surface area contributed by atoms with Crippen LogP contribution in [0.2, 0.25) is 0 Å². The summed E-state index contributed by atoms with van der Waals surface area (Å²) in [5.41, 5.74) is 5.91. The molecule has 4 N–H and O–H groups in total. The zero-order valence-corrected chi connectivity index (χ0v) is 13.4. The minimum Gasteiger partial charge on any atom is -0.478 e. The monoisotopic (exact) mass is 392 g/mol. The average molecular weight is 394 g/mol. The normalized spacial score (nSPS) is 12.0. The molecule has 7 heteroatoms. The number of amides is 1. The van der Waals surface area contributed by atoms with E-state index in [2.05, 4.69) is 37.2 Å². The summed E-state index contributed by atoms with van der Waals surface area (Å²) in [7, 11) is 0. The van der Waals surface area contributed by atoms with Gasteiger partial charge in [-0.25, -0.2) is 4.79 Å². The molecule has 1 aromatic carbocycles. The van der Waals surface area contributed by atoms with Crippen molar-refractivity contribution in [2.24, 2.45) is 5.73 Å². The number of halogens is 2. The predicted octanol–water partition coefficient (Wildman–Crippen LogP) is 2.98. The average Bonchev–Trinajstić information content (AvgIpc) is 2.32. The Bertz CT molecular complexity index is 506. The van der Waals surface area contributed by atoms with Gasteiger partial charge in [0.05, 0.1) is 17.3 Å². The van der Waals surface area contributed by atoms with Crippen molar-refractivity contribution in [1.82, 2.24) is 0 Å². The van der Waals surface area contributed by atoms with E-state index >= 15 is 0 Å². The number of benzene rings is 1. The molecule has 0 aliphatic rings. The van der Waals surface area contributed by atoms with Crippen LogP contribution in [0.4, 0.5) is 5.69 Å². The molecule has 19 heavy (non-hydrogen) atoms. The van der Waals surface area contributed by atoms with Crippen molar-refractivity contribution in [1.29, 1.82) is 0 Å². The van der Waals surface area contributed by atoms with Crippen LogP contribution in [0.25, 0.3) is 0 Å². The first-order valence-electron chi connectivity index (χ1n) is 5.65. The number of hydrogen-bond donors (Lipinski definition) is 3. The number of hydrogen-bond acceptors (Lipinski definition) is 3. The van der Waals surface area contributed by atoms with Crippen LogP contribution in [0, 0.1) is 0 Å². The van der Waals surface area contributed by atoms with Crippen molar-refractivity contribution in [2.75, 3.05) is 5.32 Å². The lowest BCUT2D eigenvalue weighted by molar-refractivity contribution is -0.117. The summed E-state index contributed by atoms with van der Waals surface area (Å²) in [4.78, 5) is 23.0. The molecular formula is C12H14Br2N2O3. The Morgan fingerprint density at radius 1 is 1.42 bits per heavy atom. The molecule has 1 atom stereocenters. The van der Waals surface area contributed by atoms with Crippen molar-refractivity contribution in [2.45, 2.75) is 25.8 Å². The summed E-state index contributed by atoms with van der Waals surface area (Å²) < 4.78 is 1.09. The Hall–Kier alpha value is -0.920. The second kappa shape index (κ2) is 7.02. The fourth-order valence-corrected chi connectivity index (χ4v) is 2.85. The Labute approximate surface area is 127 Å². The maximum Gasteiger partial charge on any atom is 0.337 e. The summed E-state index contributed by atoms with van der Waals surface area (Å²) in [5, 5.41) is 11.7. The number of carbonyl (C=O) groups is 2. The van der Waals surface area contributed by atoms with Crippen LogP contribution in [-0.2, 0) is 4.79 Å². The fourth-order valence-electron chi connectivity index (χ4n) is 1.53. The van der Waals surface area contributed by atoms with Gasteiger partial charge < -0.3 is 16.2 Å². The highest BCUT2D eigenvalue weighted by Crippen LogP contribution is 2.31. The third-order valence-electron chi connectivity index (χ3n) is 2.47. The van der Waals surface area contributed by atoms with Gasteiger partial charge in [0.15, 0.2) is 0 Å². The first kappa shape index (κ1) is 16.1. The Morgan fingerprint density at radius 3 is 2.58 bits per heavy atom. The molecule has 104 valence electrons. The number of carbonyl (C=O) groups excluding carboxylic acids is 1. The Morgan fingerprint density at radius 2 is 2.05 bits per heavy atom. The van der Waals surface area contributed by atoms with Gasteiger partial charge in [0.25, 0.3) is 0 Å². The van der Waals surface area contributed by atoms with E-state index in [4.69, 9.17) is 10.8 Å². The van der Waals surface area contributed by atoms with Crippen LogP contribution in [0.15, 0.2) is 21.1 Å². The van der Waals surface area contributed by atoms with Crippen LogP contribution in [-0.4, -0.2) is 23.0 Å². The van der Waals surface area contributed by atoms with Crippen LogP contribution in [0.1, 0.15) is 30.1 Å². The lowest BCUT2D eigenvalue weighted by atomic mass is 10.1.